The molecule has 0 radical (unpaired) electrons. The number of aromatic amines is 1. The van der Waals surface area contributed by atoms with Crippen LogP contribution in [0, 0.1) is 0 Å². The lowest BCUT2D eigenvalue weighted by molar-refractivity contribution is 0.348. The summed E-state index contributed by atoms with van der Waals surface area (Å²) in [6, 6.07) is 7.93. The van der Waals surface area contributed by atoms with Crippen LogP contribution in [-0.4, -0.2) is 15.1 Å². The third-order valence-corrected chi connectivity index (χ3v) is 4.41. The van der Waals surface area contributed by atoms with E-state index in [9.17, 15) is 0 Å². The highest BCUT2D eigenvalue weighted by Crippen LogP contribution is 2.46. The number of H-pyrrole nitrogens is 1. The van der Waals surface area contributed by atoms with Crippen molar-refractivity contribution in [2.75, 3.05) is 0 Å². The van der Waals surface area contributed by atoms with Crippen molar-refractivity contribution in [3.05, 3.63) is 47.7 Å². The molecule has 0 unspecified atom stereocenters. The van der Waals surface area contributed by atoms with Gasteiger partial charge in [0, 0.05) is 22.5 Å². The number of hydrogen-bond donors (Lipinski definition) is 2. The van der Waals surface area contributed by atoms with Crippen molar-refractivity contribution in [3.63, 3.8) is 0 Å². The van der Waals surface area contributed by atoms with Gasteiger partial charge in [0.1, 0.15) is 0 Å². The third-order valence-electron chi connectivity index (χ3n) is 4.41. The standard InChI is InChI=1S/C16H18N4O/c1-16(6-7-16)15-19-14(21-20-15)12(17)8-10-9-18-13-5-3-2-4-11(10)13/h2-5,9,12,18H,6-8,17H2,1H3/t12-/m0/s1. The van der Waals surface area contributed by atoms with Crippen LogP contribution in [0.25, 0.3) is 10.9 Å². The van der Waals surface area contributed by atoms with E-state index in [1.165, 1.54) is 10.9 Å². The molecule has 1 aliphatic rings. The highest BCUT2D eigenvalue weighted by atomic mass is 16.5. The molecule has 0 amide bonds. The van der Waals surface area contributed by atoms with Gasteiger partial charge >= 0.3 is 0 Å². The first-order valence-electron chi connectivity index (χ1n) is 7.30. The summed E-state index contributed by atoms with van der Waals surface area (Å²) < 4.78 is 5.36. The van der Waals surface area contributed by atoms with Crippen molar-refractivity contribution in [2.45, 2.75) is 37.6 Å². The van der Waals surface area contributed by atoms with E-state index in [2.05, 4.69) is 34.2 Å². The second-order valence-corrected chi connectivity index (χ2v) is 6.19. The largest absolute Gasteiger partial charge is 0.361 e. The van der Waals surface area contributed by atoms with E-state index in [1.54, 1.807) is 0 Å². The number of hydrogen-bond acceptors (Lipinski definition) is 4. The van der Waals surface area contributed by atoms with Crippen LogP contribution in [0.4, 0.5) is 0 Å². The van der Waals surface area contributed by atoms with Gasteiger partial charge < -0.3 is 15.2 Å². The number of rotatable bonds is 4. The molecule has 1 saturated carbocycles. The lowest BCUT2D eigenvalue weighted by atomic mass is 10.1. The van der Waals surface area contributed by atoms with E-state index in [1.807, 2.05) is 18.3 Å². The second-order valence-electron chi connectivity index (χ2n) is 6.19. The SMILES string of the molecule is CC1(c2noc([C@@H](N)Cc3c[nH]c4ccccc34)n2)CC1. The Morgan fingerprint density at radius 1 is 1.38 bits per heavy atom. The van der Waals surface area contributed by atoms with Gasteiger partial charge in [-0.2, -0.15) is 4.98 Å². The van der Waals surface area contributed by atoms with Crippen molar-refractivity contribution in [1.29, 1.82) is 0 Å². The summed E-state index contributed by atoms with van der Waals surface area (Å²) in [4.78, 5) is 7.75. The summed E-state index contributed by atoms with van der Waals surface area (Å²) in [5, 5.41) is 5.28. The van der Waals surface area contributed by atoms with Gasteiger partial charge in [0.15, 0.2) is 5.82 Å². The maximum Gasteiger partial charge on any atom is 0.243 e. The number of nitrogens with zero attached hydrogens (tertiary/aromatic N) is 2. The average molecular weight is 282 g/mol. The maximum atomic E-state index is 6.24. The van der Waals surface area contributed by atoms with Crippen molar-refractivity contribution >= 4 is 10.9 Å². The topological polar surface area (TPSA) is 80.7 Å². The fourth-order valence-electron chi connectivity index (χ4n) is 2.67. The predicted molar refractivity (Wildman–Crippen MR) is 79.8 cm³/mol. The molecule has 5 heteroatoms. The van der Waals surface area contributed by atoms with E-state index in [4.69, 9.17) is 10.3 Å². The number of nitrogens with two attached hydrogens (primary N) is 1. The molecule has 1 atom stereocenters. The molecule has 21 heavy (non-hydrogen) atoms. The van der Waals surface area contributed by atoms with Gasteiger partial charge in [0.25, 0.3) is 0 Å². The molecule has 4 rings (SSSR count). The quantitative estimate of drug-likeness (QED) is 0.771. The molecule has 1 aromatic carbocycles. The summed E-state index contributed by atoms with van der Waals surface area (Å²) in [6.07, 6.45) is 4.94. The zero-order valence-electron chi connectivity index (χ0n) is 12.0. The summed E-state index contributed by atoms with van der Waals surface area (Å²) >= 11 is 0. The Balaban J connectivity index is 1.57. The Morgan fingerprint density at radius 3 is 3.00 bits per heavy atom. The lowest BCUT2D eigenvalue weighted by Crippen LogP contribution is -2.14. The van der Waals surface area contributed by atoms with Gasteiger partial charge in [-0.1, -0.05) is 30.3 Å². The molecule has 0 bridgehead atoms. The monoisotopic (exact) mass is 282 g/mol. The van der Waals surface area contributed by atoms with Gasteiger partial charge in [-0.25, -0.2) is 0 Å². The van der Waals surface area contributed by atoms with E-state index in [0.717, 1.165) is 24.2 Å². The van der Waals surface area contributed by atoms with E-state index < -0.39 is 0 Å². The minimum atomic E-state index is -0.271. The normalized spacial score (nSPS) is 18.0. The molecular formula is C16H18N4O. The maximum absolute atomic E-state index is 6.24. The van der Waals surface area contributed by atoms with Crippen molar-refractivity contribution in [3.8, 4) is 0 Å². The Labute approximate surface area is 122 Å². The summed E-state index contributed by atoms with van der Waals surface area (Å²) in [5.41, 5.74) is 8.66. The van der Waals surface area contributed by atoms with Crippen LogP contribution < -0.4 is 5.73 Å². The van der Waals surface area contributed by atoms with Crippen molar-refractivity contribution in [2.24, 2.45) is 5.73 Å². The summed E-state index contributed by atoms with van der Waals surface area (Å²) in [6.45, 7) is 2.16. The van der Waals surface area contributed by atoms with Gasteiger partial charge in [-0.05, 0) is 30.9 Å². The number of fused-ring (bicyclic) bond motifs is 1. The third kappa shape index (κ3) is 2.14. The van der Waals surface area contributed by atoms with Crippen LogP contribution in [0.5, 0.6) is 0 Å². The lowest BCUT2D eigenvalue weighted by Gasteiger charge is -2.05. The van der Waals surface area contributed by atoms with Gasteiger partial charge in [0.05, 0.1) is 6.04 Å². The summed E-state index contributed by atoms with van der Waals surface area (Å²) in [5.74, 6) is 1.33. The molecular weight excluding hydrogens is 264 g/mol. The number of benzene rings is 1. The molecule has 1 fully saturated rings. The Morgan fingerprint density at radius 2 is 2.19 bits per heavy atom. The number of para-hydroxylation sites is 1. The molecule has 3 N–H and O–H groups in total. The van der Waals surface area contributed by atoms with Crippen LogP contribution in [-0.2, 0) is 11.8 Å². The van der Waals surface area contributed by atoms with Crippen LogP contribution in [0.15, 0.2) is 35.0 Å². The highest BCUT2D eigenvalue weighted by molar-refractivity contribution is 5.83. The Kier molecular flexibility index (Phi) is 2.65. The zero-order chi connectivity index (χ0) is 14.4. The Hall–Kier alpha value is -2.14. The Bertz CT molecular complexity index is 784. The molecule has 3 aromatic rings. The first-order valence-corrected chi connectivity index (χ1v) is 7.30. The zero-order valence-corrected chi connectivity index (χ0v) is 12.0. The van der Waals surface area contributed by atoms with Gasteiger partial charge in [-0.3, -0.25) is 0 Å². The average Bonchev–Trinajstić information content (AvgIpc) is 2.95. The van der Waals surface area contributed by atoms with Gasteiger partial charge in [-0.15, -0.1) is 0 Å². The predicted octanol–water partition coefficient (Wildman–Crippen LogP) is 2.84. The first kappa shape index (κ1) is 12.6. The fourth-order valence-corrected chi connectivity index (χ4v) is 2.67. The highest BCUT2D eigenvalue weighted by Gasteiger charge is 2.43. The fraction of sp³-hybridized carbons (Fsp3) is 0.375. The molecule has 2 heterocycles. The second kappa shape index (κ2) is 4.43. The molecule has 2 aromatic heterocycles. The minimum absolute atomic E-state index is 0.113. The molecule has 0 aliphatic heterocycles. The molecule has 1 aliphatic carbocycles. The molecule has 5 nitrogen and oxygen atoms in total. The molecule has 0 saturated heterocycles. The van der Waals surface area contributed by atoms with E-state index >= 15 is 0 Å². The minimum Gasteiger partial charge on any atom is -0.361 e. The number of aromatic nitrogens is 3. The van der Waals surface area contributed by atoms with E-state index in [0.29, 0.717) is 12.3 Å². The van der Waals surface area contributed by atoms with Gasteiger partial charge in [0.2, 0.25) is 5.89 Å². The smallest absolute Gasteiger partial charge is 0.243 e. The van der Waals surface area contributed by atoms with Crippen LogP contribution in [0.1, 0.15) is 43.1 Å². The first-order chi connectivity index (χ1) is 10.2. The number of nitrogens with one attached hydrogen (secondary N) is 1. The molecule has 0 spiro atoms. The van der Waals surface area contributed by atoms with E-state index in [-0.39, 0.29) is 11.5 Å². The van der Waals surface area contributed by atoms with Crippen LogP contribution >= 0.6 is 0 Å². The van der Waals surface area contributed by atoms with Crippen LogP contribution in [0.3, 0.4) is 0 Å². The van der Waals surface area contributed by atoms with Crippen LogP contribution in [0.2, 0.25) is 0 Å². The summed E-state index contributed by atoms with van der Waals surface area (Å²) in [7, 11) is 0. The van der Waals surface area contributed by atoms with Crippen molar-refractivity contribution < 1.29 is 4.52 Å². The van der Waals surface area contributed by atoms with Crippen molar-refractivity contribution in [1.82, 2.24) is 15.1 Å². The molecule has 108 valence electrons.